The molecule has 4 aromatic rings. The van der Waals surface area contributed by atoms with Crippen molar-refractivity contribution in [1.82, 2.24) is 24.5 Å². The number of carbonyl (C=O) groups is 1. The number of halogens is 1. The van der Waals surface area contributed by atoms with Gasteiger partial charge in [-0.1, -0.05) is 6.92 Å². The van der Waals surface area contributed by atoms with Gasteiger partial charge in [0.25, 0.3) is 5.91 Å². The lowest BCUT2D eigenvalue weighted by atomic mass is 9.98. The zero-order chi connectivity index (χ0) is 24.3. The molecule has 0 radical (unpaired) electrons. The van der Waals surface area contributed by atoms with Crippen LogP contribution < -0.4 is 4.90 Å². The molecule has 0 spiro atoms. The SMILES string of the molecule is Cc1cn2nc([C@@H]3CCCCN3C(=O)c3[nH]c4ccc(F)cc4c3C)cc2nc1N1CC[C@H](C)C1. The van der Waals surface area contributed by atoms with Crippen molar-refractivity contribution in [3.05, 3.63) is 58.8 Å². The summed E-state index contributed by atoms with van der Waals surface area (Å²) < 4.78 is 15.7. The van der Waals surface area contributed by atoms with Crippen LogP contribution in [0.4, 0.5) is 10.2 Å². The Bertz CT molecular complexity index is 1440. The van der Waals surface area contributed by atoms with Gasteiger partial charge in [-0.25, -0.2) is 13.9 Å². The van der Waals surface area contributed by atoms with Crippen molar-refractivity contribution in [2.45, 2.75) is 52.5 Å². The number of aromatic nitrogens is 4. The molecule has 6 rings (SSSR count). The Morgan fingerprint density at radius 3 is 2.80 bits per heavy atom. The zero-order valence-electron chi connectivity index (χ0n) is 20.5. The molecule has 3 aromatic heterocycles. The van der Waals surface area contributed by atoms with Gasteiger partial charge in [0.15, 0.2) is 5.65 Å². The molecule has 1 amide bonds. The highest BCUT2D eigenvalue weighted by Crippen LogP contribution is 2.34. The van der Waals surface area contributed by atoms with Crippen LogP contribution in [0.1, 0.15) is 66.0 Å². The first-order valence-electron chi connectivity index (χ1n) is 12.6. The highest BCUT2D eigenvalue weighted by molar-refractivity contribution is 6.01. The maximum atomic E-state index is 13.8. The second-order valence-corrected chi connectivity index (χ2v) is 10.3. The number of hydrogen-bond donors (Lipinski definition) is 1. The Kier molecular flexibility index (Phi) is 5.27. The van der Waals surface area contributed by atoms with Gasteiger partial charge >= 0.3 is 0 Å². The Balaban J connectivity index is 1.34. The number of likely N-dealkylation sites (tertiary alicyclic amines) is 1. The fraction of sp³-hybridized carbons (Fsp3) is 0.444. The van der Waals surface area contributed by atoms with Gasteiger partial charge in [0, 0.05) is 48.4 Å². The summed E-state index contributed by atoms with van der Waals surface area (Å²) in [5.41, 5.74) is 4.88. The summed E-state index contributed by atoms with van der Waals surface area (Å²) in [6, 6.07) is 6.51. The van der Waals surface area contributed by atoms with E-state index in [1.807, 2.05) is 22.4 Å². The van der Waals surface area contributed by atoms with Crippen molar-refractivity contribution in [2.75, 3.05) is 24.5 Å². The minimum absolute atomic E-state index is 0.0586. The summed E-state index contributed by atoms with van der Waals surface area (Å²) >= 11 is 0. The number of aryl methyl sites for hydroxylation is 2. The van der Waals surface area contributed by atoms with Gasteiger partial charge in [-0.15, -0.1) is 0 Å². The number of amides is 1. The van der Waals surface area contributed by atoms with E-state index in [1.165, 1.54) is 18.6 Å². The molecule has 182 valence electrons. The van der Waals surface area contributed by atoms with Gasteiger partial charge < -0.3 is 14.8 Å². The molecule has 0 bridgehead atoms. The molecule has 2 aliphatic heterocycles. The number of aromatic amines is 1. The molecule has 7 nitrogen and oxygen atoms in total. The lowest BCUT2D eigenvalue weighted by Gasteiger charge is -2.34. The van der Waals surface area contributed by atoms with E-state index in [0.717, 1.165) is 71.5 Å². The molecule has 35 heavy (non-hydrogen) atoms. The van der Waals surface area contributed by atoms with Gasteiger partial charge in [0.2, 0.25) is 0 Å². The van der Waals surface area contributed by atoms with E-state index in [9.17, 15) is 9.18 Å². The number of benzene rings is 1. The zero-order valence-corrected chi connectivity index (χ0v) is 20.5. The molecule has 0 aliphatic carbocycles. The van der Waals surface area contributed by atoms with E-state index in [4.69, 9.17) is 10.1 Å². The Morgan fingerprint density at radius 2 is 2.00 bits per heavy atom. The largest absolute Gasteiger partial charge is 0.356 e. The molecule has 1 aromatic carbocycles. The average Bonchev–Trinajstić information content (AvgIpc) is 3.55. The number of fused-ring (bicyclic) bond motifs is 2. The monoisotopic (exact) mass is 474 g/mol. The lowest BCUT2D eigenvalue weighted by molar-refractivity contribution is 0.0600. The molecule has 0 unspecified atom stereocenters. The molecule has 2 saturated heterocycles. The average molecular weight is 475 g/mol. The summed E-state index contributed by atoms with van der Waals surface area (Å²) in [5.74, 6) is 1.35. The maximum absolute atomic E-state index is 13.8. The summed E-state index contributed by atoms with van der Waals surface area (Å²) in [6.45, 7) is 8.98. The third-order valence-electron chi connectivity index (χ3n) is 7.69. The van der Waals surface area contributed by atoms with Crippen molar-refractivity contribution in [3.63, 3.8) is 0 Å². The van der Waals surface area contributed by atoms with Crippen LogP contribution in [0, 0.1) is 25.6 Å². The highest BCUT2D eigenvalue weighted by atomic mass is 19.1. The number of H-pyrrole nitrogens is 1. The smallest absolute Gasteiger partial charge is 0.271 e. The molecular formula is C27H31FN6O. The molecule has 2 atom stereocenters. The third-order valence-corrected chi connectivity index (χ3v) is 7.69. The number of hydrogen-bond acceptors (Lipinski definition) is 4. The normalized spacial score (nSPS) is 20.9. The predicted octanol–water partition coefficient (Wildman–Crippen LogP) is 5.18. The number of rotatable bonds is 3. The van der Waals surface area contributed by atoms with Crippen molar-refractivity contribution in [2.24, 2.45) is 5.92 Å². The second-order valence-electron chi connectivity index (χ2n) is 10.3. The summed E-state index contributed by atoms with van der Waals surface area (Å²) in [5, 5.41) is 5.61. The summed E-state index contributed by atoms with van der Waals surface area (Å²) in [7, 11) is 0. The molecule has 5 heterocycles. The fourth-order valence-corrected chi connectivity index (χ4v) is 5.77. The van der Waals surface area contributed by atoms with Crippen molar-refractivity contribution < 1.29 is 9.18 Å². The first-order chi connectivity index (χ1) is 16.9. The molecule has 2 fully saturated rings. The fourth-order valence-electron chi connectivity index (χ4n) is 5.77. The van der Waals surface area contributed by atoms with E-state index >= 15 is 0 Å². The van der Waals surface area contributed by atoms with Crippen LogP contribution in [0.3, 0.4) is 0 Å². The van der Waals surface area contributed by atoms with Crippen LogP contribution in [-0.2, 0) is 0 Å². The maximum Gasteiger partial charge on any atom is 0.271 e. The van der Waals surface area contributed by atoms with Gasteiger partial charge in [0.1, 0.15) is 17.3 Å². The van der Waals surface area contributed by atoms with Crippen LogP contribution in [0.25, 0.3) is 16.6 Å². The Morgan fingerprint density at radius 1 is 1.14 bits per heavy atom. The molecule has 0 saturated carbocycles. The van der Waals surface area contributed by atoms with Crippen molar-refractivity contribution in [1.29, 1.82) is 0 Å². The lowest BCUT2D eigenvalue weighted by Crippen LogP contribution is -2.39. The van der Waals surface area contributed by atoms with E-state index in [-0.39, 0.29) is 17.8 Å². The van der Waals surface area contributed by atoms with E-state index in [0.29, 0.717) is 18.2 Å². The van der Waals surface area contributed by atoms with Gasteiger partial charge in [-0.05, 0) is 69.2 Å². The van der Waals surface area contributed by atoms with E-state index in [1.54, 1.807) is 6.07 Å². The standard InChI is InChI=1S/C27H31FN6O/c1-16-9-11-32(14-16)26-17(2)15-34-24(30-26)13-22(31-34)23-6-4-5-10-33(23)27(35)25-18(3)20-12-19(28)7-8-21(20)29-25/h7-8,12-13,15-16,23,29H,4-6,9-11,14H2,1-3H3/t16-,23-/m0/s1. The first kappa shape index (κ1) is 22.1. The van der Waals surface area contributed by atoms with Gasteiger partial charge in [-0.3, -0.25) is 4.79 Å². The van der Waals surface area contributed by atoms with Crippen LogP contribution in [0.2, 0.25) is 0 Å². The van der Waals surface area contributed by atoms with Crippen LogP contribution in [0.15, 0.2) is 30.5 Å². The molecule has 2 aliphatic rings. The Labute approximate surface area is 203 Å². The first-order valence-corrected chi connectivity index (χ1v) is 12.6. The minimum atomic E-state index is -0.301. The molecular weight excluding hydrogens is 443 g/mol. The number of carbonyl (C=O) groups excluding carboxylic acids is 1. The van der Waals surface area contributed by atoms with E-state index in [2.05, 4.69) is 29.9 Å². The van der Waals surface area contributed by atoms with Crippen LogP contribution in [-0.4, -0.2) is 50.0 Å². The predicted molar refractivity (Wildman–Crippen MR) is 134 cm³/mol. The molecule has 1 N–H and O–H groups in total. The van der Waals surface area contributed by atoms with Crippen LogP contribution >= 0.6 is 0 Å². The number of anilines is 1. The number of nitrogens with one attached hydrogen (secondary N) is 1. The van der Waals surface area contributed by atoms with E-state index < -0.39 is 0 Å². The second kappa shape index (κ2) is 8.36. The van der Waals surface area contributed by atoms with Gasteiger partial charge in [0.05, 0.1) is 11.7 Å². The topological polar surface area (TPSA) is 69.5 Å². The van der Waals surface area contributed by atoms with Crippen LogP contribution in [0.5, 0.6) is 0 Å². The summed E-state index contributed by atoms with van der Waals surface area (Å²) in [4.78, 5) is 26.2. The minimum Gasteiger partial charge on any atom is -0.356 e. The number of nitrogens with zero attached hydrogens (tertiary/aromatic N) is 5. The van der Waals surface area contributed by atoms with Gasteiger partial charge in [-0.2, -0.15) is 5.10 Å². The quantitative estimate of drug-likeness (QED) is 0.444. The number of piperidine rings is 1. The van der Waals surface area contributed by atoms with Crippen molar-refractivity contribution >= 4 is 28.3 Å². The summed E-state index contributed by atoms with van der Waals surface area (Å²) in [6.07, 6.45) is 6.10. The van der Waals surface area contributed by atoms with Crippen molar-refractivity contribution in [3.8, 4) is 0 Å². The molecule has 8 heteroatoms. The third kappa shape index (κ3) is 3.75. The highest BCUT2D eigenvalue weighted by Gasteiger charge is 2.32. The Hall–Kier alpha value is -3.42.